The Bertz CT molecular complexity index is 1080. The minimum absolute atomic E-state index is 0.109. The highest BCUT2D eigenvalue weighted by Gasteiger charge is 2.23. The van der Waals surface area contributed by atoms with Gasteiger partial charge in [-0.25, -0.2) is 4.68 Å². The Morgan fingerprint density at radius 3 is 2.50 bits per heavy atom. The number of anilines is 1. The van der Waals surface area contributed by atoms with E-state index in [1.807, 2.05) is 24.3 Å². The van der Waals surface area contributed by atoms with E-state index in [1.165, 1.54) is 4.68 Å². The van der Waals surface area contributed by atoms with Crippen molar-refractivity contribution in [1.29, 1.82) is 0 Å². The van der Waals surface area contributed by atoms with E-state index >= 15 is 0 Å². The van der Waals surface area contributed by atoms with E-state index in [4.69, 9.17) is 16.1 Å². The number of carbonyl (C=O) groups is 1. The van der Waals surface area contributed by atoms with Gasteiger partial charge in [0.05, 0.1) is 11.1 Å². The van der Waals surface area contributed by atoms with Gasteiger partial charge in [0, 0.05) is 36.9 Å². The van der Waals surface area contributed by atoms with Crippen molar-refractivity contribution in [2.24, 2.45) is 0 Å². The third-order valence-corrected chi connectivity index (χ3v) is 5.29. The Labute approximate surface area is 166 Å². The van der Waals surface area contributed by atoms with Crippen LogP contribution in [0.5, 0.6) is 0 Å². The van der Waals surface area contributed by atoms with Gasteiger partial charge in [0.1, 0.15) is 12.3 Å². The third kappa shape index (κ3) is 3.35. The summed E-state index contributed by atoms with van der Waals surface area (Å²) >= 11 is 5.94. The van der Waals surface area contributed by atoms with Crippen LogP contribution in [0.2, 0.25) is 5.02 Å². The Morgan fingerprint density at radius 2 is 1.82 bits per heavy atom. The Hall–Kier alpha value is -2.87. The average Bonchev–Trinajstić information content (AvgIpc) is 3.09. The molecule has 1 aliphatic rings. The minimum atomic E-state index is -0.411. The van der Waals surface area contributed by atoms with Crippen LogP contribution in [-0.4, -0.2) is 51.9 Å². The molecule has 146 valence electrons. The lowest BCUT2D eigenvalue weighted by Gasteiger charge is -2.36. The lowest BCUT2D eigenvalue weighted by Crippen LogP contribution is -2.50. The topological polar surface area (TPSA) is 84.5 Å². The summed E-state index contributed by atoms with van der Waals surface area (Å²) in [5.41, 5.74) is 1.50. The Kier molecular flexibility index (Phi) is 4.80. The fourth-order valence-electron chi connectivity index (χ4n) is 3.54. The zero-order valence-electron chi connectivity index (χ0n) is 15.7. The zero-order valence-corrected chi connectivity index (χ0v) is 16.4. The van der Waals surface area contributed by atoms with Crippen molar-refractivity contribution >= 4 is 34.1 Å². The van der Waals surface area contributed by atoms with E-state index in [9.17, 15) is 9.59 Å². The first-order valence-electron chi connectivity index (χ1n) is 9.06. The predicted octanol–water partition coefficient (Wildman–Crippen LogP) is 2.00. The van der Waals surface area contributed by atoms with Gasteiger partial charge in [-0.15, -0.1) is 0 Å². The predicted molar refractivity (Wildman–Crippen MR) is 106 cm³/mol. The van der Waals surface area contributed by atoms with Crippen LogP contribution in [0, 0.1) is 13.8 Å². The highest BCUT2D eigenvalue weighted by molar-refractivity contribution is 6.30. The molecule has 0 atom stereocenters. The smallest absolute Gasteiger partial charge is 0.297 e. The molecule has 1 aliphatic heterocycles. The maximum absolute atomic E-state index is 12.7. The Morgan fingerprint density at radius 1 is 1.14 bits per heavy atom. The second-order valence-electron chi connectivity index (χ2n) is 6.85. The molecule has 1 aromatic carbocycles. The first-order chi connectivity index (χ1) is 13.4. The molecular weight excluding hydrogens is 382 g/mol. The second kappa shape index (κ2) is 7.27. The van der Waals surface area contributed by atoms with Gasteiger partial charge in [-0.3, -0.25) is 9.59 Å². The van der Waals surface area contributed by atoms with Crippen LogP contribution >= 0.6 is 11.6 Å². The van der Waals surface area contributed by atoms with E-state index in [1.54, 1.807) is 18.7 Å². The lowest BCUT2D eigenvalue weighted by molar-refractivity contribution is -0.132. The highest BCUT2D eigenvalue weighted by atomic mass is 35.5. The van der Waals surface area contributed by atoms with Crippen LogP contribution in [0.15, 0.2) is 33.6 Å². The number of aryl methyl sites for hydroxylation is 2. The molecule has 4 rings (SSSR count). The maximum atomic E-state index is 12.7. The van der Waals surface area contributed by atoms with Crippen molar-refractivity contribution in [2.45, 2.75) is 20.4 Å². The molecule has 28 heavy (non-hydrogen) atoms. The fraction of sp³-hybridized carbons (Fsp3) is 0.368. The summed E-state index contributed by atoms with van der Waals surface area (Å²) < 4.78 is 6.28. The average molecular weight is 402 g/mol. The van der Waals surface area contributed by atoms with Crippen molar-refractivity contribution in [3.8, 4) is 0 Å². The van der Waals surface area contributed by atoms with E-state index < -0.39 is 5.56 Å². The molecule has 0 N–H and O–H groups in total. The summed E-state index contributed by atoms with van der Waals surface area (Å²) in [5.74, 6) is 0.415. The second-order valence-corrected chi connectivity index (χ2v) is 7.29. The maximum Gasteiger partial charge on any atom is 0.297 e. The fourth-order valence-corrected chi connectivity index (χ4v) is 3.67. The van der Waals surface area contributed by atoms with Crippen molar-refractivity contribution in [2.75, 3.05) is 31.1 Å². The molecule has 9 heteroatoms. The first-order valence-corrected chi connectivity index (χ1v) is 9.44. The summed E-state index contributed by atoms with van der Waals surface area (Å²) in [4.78, 5) is 29.2. The number of amides is 1. The first kappa shape index (κ1) is 18.5. The van der Waals surface area contributed by atoms with E-state index in [0.29, 0.717) is 35.0 Å². The summed E-state index contributed by atoms with van der Waals surface area (Å²) in [6, 6.07) is 7.66. The van der Waals surface area contributed by atoms with Crippen LogP contribution in [0.4, 0.5) is 5.69 Å². The van der Waals surface area contributed by atoms with Gasteiger partial charge in [-0.2, -0.15) is 5.10 Å². The minimum Gasteiger partial charge on any atom is -0.368 e. The van der Waals surface area contributed by atoms with E-state index in [-0.39, 0.29) is 18.0 Å². The third-order valence-electron chi connectivity index (χ3n) is 5.04. The van der Waals surface area contributed by atoms with Gasteiger partial charge in [-0.05, 0) is 38.1 Å². The molecule has 3 heterocycles. The van der Waals surface area contributed by atoms with Gasteiger partial charge >= 0.3 is 0 Å². The standard InChI is InChI=1S/C19H20ClN5O3/c1-12-17-13(2)28-22-18(17)19(27)25(21-12)11-16(26)24-9-7-23(8-10-24)15-5-3-14(20)4-6-15/h3-6H,7-11H2,1-2H3. The van der Waals surface area contributed by atoms with E-state index in [0.717, 1.165) is 18.8 Å². The van der Waals surface area contributed by atoms with Crippen molar-refractivity contribution < 1.29 is 9.32 Å². The summed E-state index contributed by atoms with van der Waals surface area (Å²) in [7, 11) is 0. The molecule has 0 saturated carbocycles. The zero-order chi connectivity index (χ0) is 19.8. The molecule has 8 nitrogen and oxygen atoms in total. The van der Waals surface area contributed by atoms with Crippen LogP contribution in [0.25, 0.3) is 10.9 Å². The molecule has 1 saturated heterocycles. The molecule has 0 aliphatic carbocycles. The van der Waals surface area contributed by atoms with Gasteiger partial charge < -0.3 is 14.3 Å². The van der Waals surface area contributed by atoms with Gasteiger partial charge in [0.15, 0.2) is 5.52 Å². The van der Waals surface area contributed by atoms with Gasteiger partial charge in [0.2, 0.25) is 5.91 Å². The number of nitrogens with zero attached hydrogens (tertiary/aromatic N) is 5. The summed E-state index contributed by atoms with van der Waals surface area (Å²) in [5, 5.41) is 9.41. The van der Waals surface area contributed by atoms with Crippen molar-refractivity contribution in [1.82, 2.24) is 19.8 Å². The van der Waals surface area contributed by atoms with Gasteiger partial charge in [-0.1, -0.05) is 16.8 Å². The van der Waals surface area contributed by atoms with Crippen molar-refractivity contribution in [3.63, 3.8) is 0 Å². The molecule has 3 aromatic rings. The number of hydrogen-bond donors (Lipinski definition) is 0. The SMILES string of the molecule is Cc1nn(CC(=O)N2CCN(c3ccc(Cl)cc3)CC2)c(=O)c2noc(C)c12. The number of aromatic nitrogens is 3. The molecule has 0 spiro atoms. The number of carbonyl (C=O) groups excluding carboxylic acids is 1. The van der Waals surface area contributed by atoms with Crippen LogP contribution in [-0.2, 0) is 11.3 Å². The largest absolute Gasteiger partial charge is 0.368 e. The lowest BCUT2D eigenvalue weighted by atomic mass is 10.2. The number of benzene rings is 1. The molecule has 0 radical (unpaired) electrons. The van der Waals surface area contributed by atoms with Crippen LogP contribution in [0.1, 0.15) is 11.5 Å². The number of fused-ring (bicyclic) bond motifs is 1. The molecular formula is C19H20ClN5O3. The number of halogens is 1. The van der Waals surface area contributed by atoms with E-state index in [2.05, 4.69) is 15.2 Å². The number of rotatable bonds is 3. The summed E-state index contributed by atoms with van der Waals surface area (Å²) in [6.07, 6.45) is 0. The molecule has 0 unspecified atom stereocenters. The van der Waals surface area contributed by atoms with Gasteiger partial charge in [0.25, 0.3) is 5.56 Å². The molecule has 1 amide bonds. The Balaban J connectivity index is 1.45. The quantitative estimate of drug-likeness (QED) is 0.667. The summed E-state index contributed by atoms with van der Waals surface area (Å²) in [6.45, 7) is 6.01. The number of piperazine rings is 1. The van der Waals surface area contributed by atoms with Crippen LogP contribution in [0.3, 0.4) is 0 Å². The number of hydrogen-bond acceptors (Lipinski definition) is 6. The highest BCUT2D eigenvalue weighted by Crippen LogP contribution is 2.20. The normalized spacial score (nSPS) is 14.7. The molecule has 0 bridgehead atoms. The molecule has 1 fully saturated rings. The monoisotopic (exact) mass is 401 g/mol. The van der Waals surface area contributed by atoms with Crippen LogP contribution < -0.4 is 10.5 Å². The molecule has 2 aromatic heterocycles. The van der Waals surface area contributed by atoms with Crippen molar-refractivity contribution in [3.05, 3.63) is 51.1 Å².